The molecule has 28 heavy (non-hydrogen) atoms. The Morgan fingerprint density at radius 3 is 1.96 bits per heavy atom. The second kappa shape index (κ2) is 8.29. The van der Waals surface area contributed by atoms with Crippen molar-refractivity contribution in [2.45, 2.75) is 12.8 Å². The van der Waals surface area contributed by atoms with Gasteiger partial charge in [0.2, 0.25) is 0 Å². The van der Waals surface area contributed by atoms with Crippen molar-refractivity contribution in [3.05, 3.63) is 67.5 Å². The third-order valence-corrected chi connectivity index (χ3v) is 4.17. The van der Waals surface area contributed by atoms with Crippen molar-refractivity contribution in [3.8, 4) is 0 Å². The maximum absolute atomic E-state index is 12.4. The van der Waals surface area contributed by atoms with Gasteiger partial charge in [0.1, 0.15) is 0 Å². The molecule has 0 saturated carbocycles. The minimum Gasteiger partial charge on any atom is -0.466 e. The standard InChI is InChI=1S/C17H17N3O8/c1-4-18-8-12(16(21)27-2)15(13(9-18)17(22)28-3)11-6-5-10(19(23)24)7-14(11)20(25)26/h5-9,15H,4H2,1-3H3. The fraction of sp³-hybridized carbons (Fsp3) is 0.294. The molecule has 1 heterocycles. The number of nitrogens with zero attached hydrogens (tertiary/aromatic N) is 3. The number of carbonyl (C=O) groups excluding carboxylic acids is 2. The summed E-state index contributed by atoms with van der Waals surface area (Å²) in [6.07, 6.45) is 2.82. The average molecular weight is 391 g/mol. The van der Waals surface area contributed by atoms with Crippen LogP contribution < -0.4 is 0 Å². The van der Waals surface area contributed by atoms with Crippen LogP contribution in [0.1, 0.15) is 18.4 Å². The van der Waals surface area contributed by atoms with Crippen LogP contribution in [-0.2, 0) is 19.1 Å². The first-order valence-electron chi connectivity index (χ1n) is 8.03. The van der Waals surface area contributed by atoms with E-state index in [1.165, 1.54) is 17.3 Å². The van der Waals surface area contributed by atoms with Crippen molar-refractivity contribution < 1.29 is 28.9 Å². The number of methoxy groups -OCH3 is 2. The number of carbonyl (C=O) groups is 2. The molecule has 11 heteroatoms. The van der Waals surface area contributed by atoms with Gasteiger partial charge in [0.05, 0.1) is 47.2 Å². The molecule has 1 aliphatic heterocycles. The molecular weight excluding hydrogens is 374 g/mol. The molecule has 0 fully saturated rings. The first-order valence-corrected chi connectivity index (χ1v) is 8.03. The Kier molecular flexibility index (Phi) is 6.08. The Hall–Kier alpha value is -3.76. The van der Waals surface area contributed by atoms with Crippen LogP contribution >= 0.6 is 0 Å². The van der Waals surface area contributed by atoms with E-state index in [4.69, 9.17) is 9.47 Å². The van der Waals surface area contributed by atoms with Crippen molar-refractivity contribution in [1.82, 2.24) is 4.90 Å². The molecule has 148 valence electrons. The number of hydrogen-bond acceptors (Lipinski definition) is 9. The topological polar surface area (TPSA) is 142 Å². The highest BCUT2D eigenvalue weighted by molar-refractivity contribution is 5.99. The fourth-order valence-corrected chi connectivity index (χ4v) is 2.85. The van der Waals surface area contributed by atoms with Crippen molar-refractivity contribution >= 4 is 23.3 Å². The van der Waals surface area contributed by atoms with Gasteiger partial charge in [-0.05, 0) is 13.0 Å². The van der Waals surface area contributed by atoms with Gasteiger partial charge in [0, 0.05) is 30.6 Å². The number of non-ortho nitro benzene ring substituents is 1. The summed E-state index contributed by atoms with van der Waals surface area (Å²) in [7, 11) is 2.27. The molecule has 0 aromatic heterocycles. The van der Waals surface area contributed by atoms with Crippen LogP contribution in [0.2, 0.25) is 0 Å². The zero-order valence-corrected chi connectivity index (χ0v) is 15.3. The lowest BCUT2D eigenvalue weighted by Crippen LogP contribution is -2.29. The van der Waals surface area contributed by atoms with E-state index in [0.717, 1.165) is 32.4 Å². The summed E-state index contributed by atoms with van der Waals surface area (Å²) in [5.41, 5.74) is -1.24. The van der Waals surface area contributed by atoms with Crippen LogP contribution in [-0.4, -0.2) is 47.4 Å². The molecule has 0 saturated heterocycles. The largest absolute Gasteiger partial charge is 0.466 e. The Morgan fingerprint density at radius 2 is 1.57 bits per heavy atom. The Labute approximate surface area is 159 Å². The Balaban J connectivity index is 2.77. The highest BCUT2D eigenvalue weighted by atomic mass is 16.6. The molecule has 0 amide bonds. The lowest BCUT2D eigenvalue weighted by molar-refractivity contribution is -0.394. The summed E-state index contributed by atoms with van der Waals surface area (Å²) in [4.78, 5) is 47.2. The third-order valence-electron chi connectivity index (χ3n) is 4.17. The highest BCUT2D eigenvalue weighted by Gasteiger charge is 2.39. The molecule has 2 rings (SSSR count). The van der Waals surface area contributed by atoms with E-state index in [9.17, 15) is 29.8 Å². The number of nitro benzene ring substituents is 2. The van der Waals surface area contributed by atoms with Gasteiger partial charge in [-0.1, -0.05) is 0 Å². The van der Waals surface area contributed by atoms with E-state index in [2.05, 4.69) is 0 Å². The average Bonchev–Trinajstić information content (AvgIpc) is 2.70. The molecule has 0 spiro atoms. The first-order chi connectivity index (χ1) is 13.2. The van der Waals surface area contributed by atoms with Crippen LogP contribution in [0.4, 0.5) is 11.4 Å². The second-order valence-corrected chi connectivity index (χ2v) is 5.67. The summed E-state index contributed by atoms with van der Waals surface area (Å²) in [5, 5.41) is 22.5. The molecular formula is C17H17N3O8. The van der Waals surface area contributed by atoms with Gasteiger partial charge in [0.25, 0.3) is 11.4 Å². The first kappa shape index (κ1) is 20.6. The smallest absolute Gasteiger partial charge is 0.336 e. The lowest BCUT2D eigenvalue weighted by atomic mass is 9.82. The minimum atomic E-state index is -1.19. The van der Waals surface area contributed by atoms with Gasteiger partial charge in [-0.3, -0.25) is 20.2 Å². The number of rotatable bonds is 6. The number of hydrogen-bond donors (Lipinski definition) is 0. The van der Waals surface area contributed by atoms with Crippen molar-refractivity contribution in [2.75, 3.05) is 20.8 Å². The van der Waals surface area contributed by atoms with Crippen LogP contribution in [0.25, 0.3) is 0 Å². The van der Waals surface area contributed by atoms with Gasteiger partial charge < -0.3 is 14.4 Å². The normalized spacial score (nSPS) is 14.0. The number of nitro groups is 2. The van der Waals surface area contributed by atoms with E-state index in [0.29, 0.717) is 6.54 Å². The molecule has 0 unspecified atom stereocenters. The maximum Gasteiger partial charge on any atom is 0.336 e. The molecule has 0 atom stereocenters. The summed E-state index contributed by atoms with van der Waals surface area (Å²) in [5.74, 6) is -2.79. The van der Waals surface area contributed by atoms with Gasteiger partial charge in [-0.2, -0.15) is 0 Å². The Morgan fingerprint density at radius 1 is 1.04 bits per heavy atom. The van der Waals surface area contributed by atoms with E-state index in [1.807, 2.05) is 0 Å². The van der Waals surface area contributed by atoms with Crippen molar-refractivity contribution in [3.63, 3.8) is 0 Å². The number of ether oxygens (including phenoxy) is 2. The van der Waals surface area contributed by atoms with E-state index < -0.39 is 39.1 Å². The maximum atomic E-state index is 12.4. The van der Waals surface area contributed by atoms with Crippen molar-refractivity contribution in [1.29, 1.82) is 0 Å². The van der Waals surface area contributed by atoms with Crippen molar-refractivity contribution in [2.24, 2.45) is 0 Å². The van der Waals surface area contributed by atoms with Gasteiger partial charge in [-0.15, -0.1) is 0 Å². The molecule has 0 bridgehead atoms. The fourth-order valence-electron chi connectivity index (χ4n) is 2.85. The molecule has 0 radical (unpaired) electrons. The molecule has 1 aromatic rings. The minimum absolute atomic E-state index is 0.0378. The van der Waals surface area contributed by atoms with E-state index >= 15 is 0 Å². The number of esters is 2. The van der Waals surface area contributed by atoms with Crippen LogP contribution in [0.15, 0.2) is 41.7 Å². The molecule has 1 aliphatic rings. The van der Waals surface area contributed by atoms with E-state index in [1.54, 1.807) is 6.92 Å². The summed E-state index contributed by atoms with van der Waals surface area (Å²) in [6.45, 7) is 2.17. The lowest BCUT2D eigenvalue weighted by Gasteiger charge is -2.29. The zero-order chi connectivity index (χ0) is 21.0. The summed E-state index contributed by atoms with van der Waals surface area (Å²) < 4.78 is 9.53. The molecule has 0 N–H and O–H groups in total. The molecule has 0 aliphatic carbocycles. The van der Waals surface area contributed by atoms with Gasteiger partial charge in [0.15, 0.2) is 0 Å². The predicted molar refractivity (Wildman–Crippen MR) is 95.1 cm³/mol. The summed E-state index contributed by atoms with van der Waals surface area (Å²) in [6, 6.07) is 3.00. The van der Waals surface area contributed by atoms with Crippen LogP contribution in [0.3, 0.4) is 0 Å². The molecule has 11 nitrogen and oxygen atoms in total. The third kappa shape index (κ3) is 3.82. The summed E-state index contributed by atoms with van der Waals surface area (Å²) >= 11 is 0. The monoisotopic (exact) mass is 391 g/mol. The van der Waals surface area contributed by atoms with Gasteiger partial charge >= 0.3 is 11.9 Å². The Bertz CT molecular complexity index is 872. The zero-order valence-electron chi connectivity index (χ0n) is 15.3. The van der Waals surface area contributed by atoms with E-state index in [-0.39, 0.29) is 16.7 Å². The molecule has 1 aromatic carbocycles. The quantitative estimate of drug-likeness (QED) is 0.404. The van der Waals surface area contributed by atoms with Gasteiger partial charge in [-0.25, -0.2) is 9.59 Å². The SMILES string of the molecule is CCN1C=C(C(=O)OC)C(c2ccc([N+](=O)[O-])cc2[N+](=O)[O-])C(C(=O)OC)=C1. The predicted octanol–water partition coefficient (Wildman–Crippen LogP) is 2.04. The van der Waals surface area contributed by atoms with Crippen LogP contribution in [0, 0.1) is 20.2 Å². The highest BCUT2D eigenvalue weighted by Crippen LogP contribution is 2.41. The second-order valence-electron chi connectivity index (χ2n) is 5.67. The van der Waals surface area contributed by atoms with Crippen LogP contribution in [0.5, 0.6) is 0 Å². The number of benzene rings is 1.